The molecule has 0 bridgehead atoms. The quantitative estimate of drug-likeness (QED) is 0.113. The number of hydrogen-bond donors (Lipinski definition) is 0. The third-order valence-corrected chi connectivity index (χ3v) is 13.0. The molecule has 0 radical (unpaired) electrons. The zero-order valence-electron chi connectivity index (χ0n) is 29.1. The molecule has 0 aromatic rings. The Labute approximate surface area is 269 Å². The standard InChI is InChI=1S/C42H74O/c1-3-5-9-35-13-21-39(22-14-35)29-31-41-25-17-37(18-26-41)11-7-33-43-34-8-12-38-19-27-42(28-20-38)32-30-40-23-15-36(16-24-40)10-6-4-2/h3-6,35-42H,7-34H2,1-2H3. The van der Waals surface area contributed by atoms with E-state index in [0.29, 0.717) is 0 Å². The number of ether oxygens (including phenoxy) is 1. The van der Waals surface area contributed by atoms with Crippen LogP contribution in [0.4, 0.5) is 0 Å². The van der Waals surface area contributed by atoms with Crippen LogP contribution in [-0.4, -0.2) is 13.2 Å². The van der Waals surface area contributed by atoms with E-state index in [1.54, 1.807) is 0 Å². The van der Waals surface area contributed by atoms with E-state index in [2.05, 4.69) is 38.2 Å². The first-order chi connectivity index (χ1) is 21.2. The molecule has 4 saturated carbocycles. The molecule has 0 unspecified atom stereocenters. The minimum Gasteiger partial charge on any atom is -0.381 e. The molecule has 0 atom stereocenters. The van der Waals surface area contributed by atoms with Crippen LogP contribution in [0.3, 0.4) is 0 Å². The summed E-state index contributed by atoms with van der Waals surface area (Å²) in [5.41, 5.74) is 0. The van der Waals surface area contributed by atoms with Crippen LogP contribution >= 0.6 is 0 Å². The molecule has 4 aliphatic rings. The normalized spacial score (nSPS) is 34.3. The van der Waals surface area contributed by atoms with Crippen LogP contribution in [-0.2, 0) is 4.74 Å². The maximum Gasteiger partial charge on any atom is 0.0466 e. The van der Waals surface area contributed by atoms with Crippen molar-refractivity contribution in [1.29, 1.82) is 0 Å². The molecule has 0 heterocycles. The fraction of sp³-hybridized carbons (Fsp3) is 0.905. The van der Waals surface area contributed by atoms with Crippen molar-refractivity contribution in [3.8, 4) is 0 Å². The van der Waals surface area contributed by atoms with Crippen LogP contribution in [0.1, 0.15) is 181 Å². The molecule has 4 fully saturated rings. The van der Waals surface area contributed by atoms with Crippen LogP contribution in [0.5, 0.6) is 0 Å². The number of allylic oxidation sites excluding steroid dienone is 4. The van der Waals surface area contributed by atoms with E-state index in [-0.39, 0.29) is 0 Å². The highest BCUT2D eigenvalue weighted by molar-refractivity contribution is 4.85. The molecular formula is C42H74O. The Morgan fingerprint density at radius 3 is 0.907 bits per heavy atom. The maximum atomic E-state index is 6.12. The summed E-state index contributed by atoms with van der Waals surface area (Å²) in [6, 6.07) is 0. The summed E-state index contributed by atoms with van der Waals surface area (Å²) in [5.74, 6) is 8.14. The van der Waals surface area contributed by atoms with Crippen molar-refractivity contribution in [3.05, 3.63) is 24.3 Å². The third kappa shape index (κ3) is 14.2. The lowest BCUT2D eigenvalue weighted by atomic mass is 9.74. The number of hydrogen-bond acceptors (Lipinski definition) is 1. The molecule has 0 aromatic heterocycles. The highest BCUT2D eigenvalue weighted by atomic mass is 16.5. The van der Waals surface area contributed by atoms with Crippen LogP contribution in [0.2, 0.25) is 0 Å². The van der Waals surface area contributed by atoms with Gasteiger partial charge in [0.25, 0.3) is 0 Å². The average molecular weight is 595 g/mol. The minimum atomic E-state index is 0.986. The first kappa shape index (κ1) is 35.3. The van der Waals surface area contributed by atoms with Gasteiger partial charge in [0.1, 0.15) is 0 Å². The lowest BCUT2D eigenvalue weighted by Gasteiger charge is -2.32. The highest BCUT2D eigenvalue weighted by Crippen LogP contribution is 2.40. The Balaban J connectivity index is 0.909. The van der Waals surface area contributed by atoms with Gasteiger partial charge in [-0.15, -0.1) is 0 Å². The summed E-state index contributed by atoms with van der Waals surface area (Å²) < 4.78 is 6.12. The molecule has 0 amide bonds. The Hall–Kier alpha value is -0.560. The largest absolute Gasteiger partial charge is 0.381 e. The van der Waals surface area contributed by atoms with Gasteiger partial charge in [-0.2, -0.15) is 0 Å². The van der Waals surface area contributed by atoms with E-state index < -0.39 is 0 Å². The van der Waals surface area contributed by atoms with Gasteiger partial charge in [0.05, 0.1) is 0 Å². The molecule has 1 heteroatoms. The minimum absolute atomic E-state index is 0.986. The molecule has 4 rings (SSSR count). The van der Waals surface area contributed by atoms with Gasteiger partial charge in [-0.05, 0) is 125 Å². The molecule has 4 aliphatic carbocycles. The smallest absolute Gasteiger partial charge is 0.0466 e. The second kappa shape index (κ2) is 21.3. The third-order valence-electron chi connectivity index (χ3n) is 13.0. The lowest BCUT2D eigenvalue weighted by molar-refractivity contribution is 0.112. The average Bonchev–Trinajstić information content (AvgIpc) is 3.06. The lowest BCUT2D eigenvalue weighted by Crippen LogP contribution is -2.18. The van der Waals surface area contributed by atoms with Crippen LogP contribution < -0.4 is 0 Å². The van der Waals surface area contributed by atoms with E-state index in [4.69, 9.17) is 4.74 Å². The summed E-state index contributed by atoms with van der Waals surface area (Å²) >= 11 is 0. The monoisotopic (exact) mass is 595 g/mol. The van der Waals surface area contributed by atoms with E-state index >= 15 is 0 Å². The second-order valence-electron chi connectivity index (χ2n) is 16.2. The van der Waals surface area contributed by atoms with E-state index in [1.807, 2.05) is 0 Å². The summed E-state index contributed by atoms with van der Waals surface area (Å²) in [7, 11) is 0. The fourth-order valence-corrected chi connectivity index (χ4v) is 9.78. The molecule has 0 N–H and O–H groups in total. The van der Waals surface area contributed by atoms with Crippen LogP contribution in [0.15, 0.2) is 24.3 Å². The van der Waals surface area contributed by atoms with Gasteiger partial charge in [0.15, 0.2) is 0 Å². The van der Waals surface area contributed by atoms with Gasteiger partial charge < -0.3 is 4.74 Å². The van der Waals surface area contributed by atoms with Crippen molar-refractivity contribution in [2.24, 2.45) is 47.3 Å². The van der Waals surface area contributed by atoms with Crippen molar-refractivity contribution >= 4 is 0 Å². The summed E-state index contributed by atoms with van der Waals surface area (Å²) in [6.07, 6.45) is 47.5. The Bertz CT molecular complexity index is 658. The first-order valence-corrected chi connectivity index (χ1v) is 20.0. The predicted molar refractivity (Wildman–Crippen MR) is 188 cm³/mol. The van der Waals surface area contributed by atoms with Crippen molar-refractivity contribution in [1.82, 2.24) is 0 Å². The SMILES string of the molecule is CC=CCC1CCC(CCC2CCC(CCCOCCCC3CCC(CCC4CCC(CC=CC)CC4)CC3)CC2)CC1. The fourth-order valence-electron chi connectivity index (χ4n) is 9.78. The Kier molecular flexibility index (Phi) is 17.5. The van der Waals surface area contributed by atoms with E-state index in [1.165, 1.54) is 167 Å². The topological polar surface area (TPSA) is 9.23 Å². The van der Waals surface area contributed by atoms with Crippen LogP contribution in [0.25, 0.3) is 0 Å². The van der Waals surface area contributed by atoms with Gasteiger partial charge in [-0.1, -0.05) is 127 Å². The zero-order valence-corrected chi connectivity index (χ0v) is 29.1. The summed E-state index contributed by atoms with van der Waals surface area (Å²) in [6.45, 7) is 6.36. The molecule has 0 aliphatic heterocycles. The van der Waals surface area contributed by atoms with Crippen LogP contribution in [0, 0.1) is 47.3 Å². The molecule has 0 saturated heterocycles. The Morgan fingerprint density at radius 2 is 0.628 bits per heavy atom. The molecule has 0 aromatic carbocycles. The summed E-state index contributed by atoms with van der Waals surface area (Å²) in [5, 5.41) is 0. The highest BCUT2D eigenvalue weighted by Gasteiger charge is 2.26. The predicted octanol–water partition coefficient (Wildman–Crippen LogP) is 13.3. The second-order valence-corrected chi connectivity index (χ2v) is 16.2. The summed E-state index contributed by atoms with van der Waals surface area (Å²) in [4.78, 5) is 0. The van der Waals surface area contributed by atoms with Gasteiger partial charge in [0, 0.05) is 13.2 Å². The van der Waals surface area contributed by atoms with Crippen molar-refractivity contribution < 1.29 is 4.74 Å². The molecule has 0 spiro atoms. The van der Waals surface area contributed by atoms with Crippen molar-refractivity contribution in [2.75, 3.05) is 13.2 Å². The van der Waals surface area contributed by atoms with E-state index in [9.17, 15) is 0 Å². The molecule has 248 valence electrons. The van der Waals surface area contributed by atoms with Gasteiger partial charge >= 0.3 is 0 Å². The molecule has 43 heavy (non-hydrogen) atoms. The zero-order chi connectivity index (χ0) is 30.0. The first-order valence-electron chi connectivity index (χ1n) is 20.0. The van der Waals surface area contributed by atoms with Gasteiger partial charge in [-0.25, -0.2) is 0 Å². The molecular weight excluding hydrogens is 520 g/mol. The maximum absolute atomic E-state index is 6.12. The molecule has 1 nitrogen and oxygen atoms in total. The van der Waals surface area contributed by atoms with Crippen molar-refractivity contribution in [3.63, 3.8) is 0 Å². The van der Waals surface area contributed by atoms with Gasteiger partial charge in [0.2, 0.25) is 0 Å². The van der Waals surface area contributed by atoms with Gasteiger partial charge in [-0.3, -0.25) is 0 Å². The van der Waals surface area contributed by atoms with E-state index in [0.717, 1.165) is 60.6 Å². The van der Waals surface area contributed by atoms with Crippen molar-refractivity contribution in [2.45, 2.75) is 181 Å². The number of rotatable bonds is 18. The Morgan fingerprint density at radius 1 is 0.372 bits per heavy atom.